The minimum absolute atomic E-state index is 1.09. The van der Waals surface area contributed by atoms with Crippen molar-refractivity contribution in [2.45, 2.75) is 98.5 Å². The first-order valence-corrected chi connectivity index (χ1v) is 24.0. The highest BCUT2D eigenvalue weighted by Crippen LogP contribution is 2.43. The van der Waals surface area contributed by atoms with E-state index >= 15 is 0 Å². The molecular weight excluding hydrogens is 457 g/mol. The second-order valence-electron chi connectivity index (χ2n) is 13.6. The summed E-state index contributed by atoms with van der Waals surface area (Å²) in [5.41, 5.74) is 13.1. The maximum atomic E-state index is 2.61. The van der Waals surface area contributed by atoms with Gasteiger partial charge in [0.1, 0.15) is 0 Å². The van der Waals surface area contributed by atoms with Crippen molar-refractivity contribution in [3.05, 3.63) is 58.2 Å². The Morgan fingerprint density at radius 2 is 1.35 bits per heavy atom. The summed E-state index contributed by atoms with van der Waals surface area (Å²) in [5.74, 6) is 0. The van der Waals surface area contributed by atoms with Crippen LogP contribution in [-0.2, 0) is 19.3 Å². The summed E-state index contributed by atoms with van der Waals surface area (Å²) in [4.78, 5) is 0. The van der Waals surface area contributed by atoms with E-state index in [0.29, 0.717) is 0 Å². The monoisotopic (exact) mass is 502 g/mol. The lowest BCUT2D eigenvalue weighted by molar-refractivity contribution is 1.10. The third kappa shape index (κ3) is 4.22. The highest BCUT2D eigenvalue weighted by Gasteiger charge is 2.40. The Hall–Kier alpha value is -1.43. The fourth-order valence-electron chi connectivity index (χ4n) is 6.45. The summed E-state index contributed by atoms with van der Waals surface area (Å²) in [7, 11) is -4.72. The molecule has 2 aromatic carbocycles. The molecule has 4 rings (SSSR count). The average Bonchev–Trinajstić information content (AvgIpc) is 3.36. The molecule has 2 aliphatic rings. The number of hydrogen-bond donors (Lipinski definition) is 0. The highest BCUT2D eigenvalue weighted by molar-refractivity contribution is 6.99. The molecule has 0 bridgehead atoms. The van der Waals surface area contributed by atoms with Crippen LogP contribution >= 0.6 is 0 Å². The Morgan fingerprint density at radius 3 is 1.82 bits per heavy atom. The van der Waals surface area contributed by atoms with Crippen molar-refractivity contribution < 1.29 is 0 Å². The van der Waals surface area contributed by atoms with Crippen LogP contribution in [0.4, 0.5) is 0 Å². The standard InChI is InChI=1S/C31H46Si3/c1-12-21-18-23-20-25-27(22-16-14-15-17-22)24(13-2)30(33(6,7)8)31(34(9,10)11)29(25)28(23)26(19-21)32(3,4)5/h14-16,18-19H,12-13,17,20H2,1-11H3. The van der Waals surface area contributed by atoms with Crippen molar-refractivity contribution >= 4 is 45.4 Å². The van der Waals surface area contributed by atoms with Crippen molar-refractivity contribution in [1.82, 2.24) is 0 Å². The summed E-state index contributed by atoms with van der Waals surface area (Å²) in [5, 5.41) is 5.33. The number of hydrogen-bond acceptors (Lipinski definition) is 0. The zero-order chi connectivity index (χ0) is 25.2. The normalized spacial score (nSPS) is 15.6. The molecule has 0 spiro atoms. The summed E-state index contributed by atoms with van der Waals surface area (Å²) < 4.78 is 0. The summed E-state index contributed by atoms with van der Waals surface area (Å²) >= 11 is 0. The Kier molecular flexibility index (Phi) is 6.49. The lowest BCUT2D eigenvalue weighted by Crippen LogP contribution is -2.59. The molecule has 0 nitrogen and oxygen atoms in total. The van der Waals surface area contributed by atoms with Crippen LogP contribution in [0.5, 0.6) is 0 Å². The third-order valence-electron chi connectivity index (χ3n) is 7.77. The van der Waals surface area contributed by atoms with Crippen LogP contribution in [0.2, 0.25) is 58.9 Å². The SMILES string of the molecule is CCc1cc2c(c([Si](C)(C)C)c1)-c1c(c(C3=CC=CC3)c(CC)c([Si](C)(C)C)c1[Si](C)(C)C)C2. The van der Waals surface area contributed by atoms with Crippen molar-refractivity contribution in [3.63, 3.8) is 0 Å². The van der Waals surface area contributed by atoms with E-state index in [2.05, 4.69) is 103 Å². The van der Waals surface area contributed by atoms with Crippen LogP contribution < -0.4 is 15.6 Å². The maximum absolute atomic E-state index is 2.61. The van der Waals surface area contributed by atoms with Crippen LogP contribution in [-0.4, -0.2) is 24.2 Å². The molecule has 0 unspecified atom stereocenters. The minimum atomic E-state index is -1.61. The maximum Gasteiger partial charge on any atom is 0.0784 e. The Morgan fingerprint density at radius 1 is 0.706 bits per heavy atom. The lowest BCUT2D eigenvalue weighted by Gasteiger charge is -2.36. The molecule has 0 aromatic heterocycles. The van der Waals surface area contributed by atoms with Gasteiger partial charge in [-0.3, -0.25) is 0 Å². The Labute approximate surface area is 212 Å². The topological polar surface area (TPSA) is 0 Å². The van der Waals surface area contributed by atoms with Gasteiger partial charge in [-0.25, -0.2) is 0 Å². The molecule has 0 saturated heterocycles. The molecule has 0 N–H and O–H groups in total. The Balaban J connectivity index is 2.27. The fourth-order valence-corrected chi connectivity index (χ4v) is 14.4. The average molecular weight is 503 g/mol. The number of allylic oxidation sites excluding steroid dienone is 4. The molecule has 0 saturated carbocycles. The predicted molar refractivity (Wildman–Crippen MR) is 164 cm³/mol. The first-order chi connectivity index (χ1) is 15.7. The first kappa shape index (κ1) is 25.7. The van der Waals surface area contributed by atoms with Crippen molar-refractivity contribution in [2.75, 3.05) is 0 Å². The lowest BCUT2D eigenvalue weighted by atomic mass is 9.89. The summed E-state index contributed by atoms with van der Waals surface area (Å²) in [6, 6.07) is 5.17. The summed E-state index contributed by atoms with van der Waals surface area (Å²) in [6.45, 7) is 28.0. The first-order valence-electron chi connectivity index (χ1n) is 13.5. The number of fused-ring (bicyclic) bond motifs is 3. The van der Waals surface area contributed by atoms with Crippen LogP contribution in [0.1, 0.15) is 48.1 Å². The van der Waals surface area contributed by atoms with Gasteiger partial charge < -0.3 is 0 Å². The number of aryl methyl sites for hydroxylation is 1. The molecule has 182 valence electrons. The molecule has 0 atom stereocenters. The predicted octanol–water partition coefficient (Wildman–Crippen LogP) is 7.36. The van der Waals surface area contributed by atoms with E-state index in [1.165, 1.54) is 5.56 Å². The molecule has 2 aromatic rings. The van der Waals surface area contributed by atoms with Gasteiger partial charge in [-0.05, 0) is 70.2 Å². The molecule has 0 aliphatic heterocycles. The second-order valence-corrected chi connectivity index (χ2v) is 28.6. The molecule has 2 aliphatic carbocycles. The largest absolute Gasteiger partial charge is 0.0801 e. The van der Waals surface area contributed by atoms with E-state index < -0.39 is 24.2 Å². The molecular formula is C31H46Si3. The van der Waals surface area contributed by atoms with Gasteiger partial charge in [-0.1, -0.05) is 119 Å². The van der Waals surface area contributed by atoms with E-state index in [9.17, 15) is 0 Å². The van der Waals surface area contributed by atoms with E-state index in [1.807, 2.05) is 10.4 Å². The molecule has 0 fully saturated rings. The van der Waals surface area contributed by atoms with E-state index in [-0.39, 0.29) is 0 Å². The zero-order valence-corrected chi connectivity index (χ0v) is 26.7. The van der Waals surface area contributed by atoms with Crippen LogP contribution in [0.25, 0.3) is 16.7 Å². The van der Waals surface area contributed by atoms with Gasteiger partial charge >= 0.3 is 0 Å². The molecule has 0 heterocycles. The van der Waals surface area contributed by atoms with E-state index in [1.54, 1.807) is 44.1 Å². The van der Waals surface area contributed by atoms with Gasteiger partial charge in [0.2, 0.25) is 0 Å². The quantitative estimate of drug-likeness (QED) is 0.309. The van der Waals surface area contributed by atoms with Gasteiger partial charge in [-0.15, -0.1) is 0 Å². The number of benzene rings is 2. The van der Waals surface area contributed by atoms with E-state index in [0.717, 1.165) is 25.7 Å². The number of rotatable bonds is 6. The third-order valence-corrected chi connectivity index (χ3v) is 14.1. The highest BCUT2D eigenvalue weighted by atomic mass is 28.3. The van der Waals surface area contributed by atoms with Gasteiger partial charge in [0.05, 0.1) is 24.2 Å². The summed E-state index contributed by atoms with van der Waals surface area (Å²) in [6.07, 6.45) is 11.5. The Bertz CT molecular complexity index is 1210. The van der Waals surface area contributed by atoms with Crippen molar-refractivity contribution in [1.29, 1.82) is 0 Å². The molecule has 3 heteroatoms. The van der Waals surface area contributed by atoms with Gasteiger partial charge in [-0.2, -0.15) is 0 Å². The van der Waals surface area contributed by atoms with Crippen LogP contribution in [0.15, 0.2) is 30.4 Å². The van der Waals surface area contributed by atoms with Crippen molar-refractivity contribution in [3.8, 4) is 11.1 Å². The smallest absolute Gasteiger partial charge is 0.0784 e. The van der Waals surface area contributed by atoms with Gasteiger partial charge in [0.25, 0.3) is 0 Å². The second kappa shape index (κ2) is 8.60. The zero-order valence-electron chi connectivity index (χ0n) is 23.7. The minimum Gasteiger partial charge on any atom is -0.0801 e. The van der Waals surface area contributed by atoms with E-state index in [4.69, 9.17) is 0 Å². The van der Waals surface area contributed by atoms with Gasteiger partial charge in [0, 0.05) is 0 Å². The molecule has 0 radical (unpaired) electrons. The van der Waals surface area contributed by atoms with Gasteiger partial charge in [0.15, 0.2) is 0 Å². The molecule has 34 heavy (non-hydrogen) atoms. The van der Waals surface area contributed by atoms with Crippen LogP contribution in [0.3, 0.4) is 0 Å². The fraction of sp³-hybridized carbons (Fsp3) is 0.484. The molecule has 0 amide bonds. The van der Waals surface area contributed by atoms with Crippen molar-refractivity contribution in [2.24, 2.45) is 0 Å². The van der Waals surface area contributed by atoms with Crippen LogP contribution in [0, 0.1) is 0 Å².